The van der Waals surface area contributed by atoms with E-state index in [-0.39, 0.29) is 58.9 Å². The Morgan fingerprint density at radius 2 is 1.37 bits per heavy atom. The Labute approximate surface area is 362 Å². The van der Waals surface area contributed by atoms with Gasteiger partial charge in [0.15, 0.2) is 0 Å². The van der Waals surface area contributed by atoms with Gasteiger partial charge < -0.3 is 24.5 Å². The highest BCUT2D eigenvalue weighted by molar-refractivity contribution is 8.47. The fourth-order valence-corrected chi connectivity index (χ4v) is 10.3. The van der Waals surface area contributed by atoms with Crippen LogP contribution in [0.3, 0.4) is 0 Å². The van der Waals surface area contributed by atoms with E-state index in [9.17, 15) is 19.5 Å². The molecule has 0 aliphatic rings. The number of rotatable bonds is 24. The van der Waals surface area contributed by atoms with E-state index in [0.717, 1.165) is 9.95 Å². The molecule has 0 spiro atoms. The average molecular weight is 850 g/mol. The van der Waals surface area contributed by atoms with Crippen LogP contribution in [0, 0.1) is 45.8 Å². The summed E-state index contributed by atoms with van der Waals surface area (Å²) in [5.74, 6) is -3.33. The lowest BCUT2D eigenvalue weighted by Crippen LogP contribution is -2.46. The molecule has 1 amide bonds. The molecule has 324 valence electrons. The van der Waals surface area contributed by atoms with Gasteiger partial charge in [-0.05, 0) is 115 Å². The second-order valence-electron chi connectivity index (χ2n) is 19.7. The van der Waals surface area contributed by atoms with E-state index in [2.05, 4.69) is 45.1 Å². The molecule has 1 aromatic rings. The zero-order chi connectivity index (χ0) is 44.4. The van der Waals surface area contributed by atoms with E-state index in [1.54, 1.807) is 30.6 Å². The molecule has 0 aromatic heterocycles. The molecule has 0 heterocycles. The maximum absolute atomic E-state index is 13.7. The number of carboxylic acid groups (broad SMARTS) is 1. The summed E-state index contributed by atoms with van der Waals surface area (Å²) in [5, 5.41) is 13.2. The number of hydrogen-bond acceptors (Lipinski definition) is 9. The van der Waals surface area contributed by atoms with Gasteiger partial charge in [0.05, 0.1) is 35.7 Å². The first-order valence-corrected chi connectivity index (χ1v) is 22.8. The molecule has 6 unspecified atom stereocenters. The highest BCUT2D eigenvalue weighted by Gasteiger charge is 2.50. The van der Waals surface area contributed by atoms with Crippen molar-refractivity contribution in [3.8, 4) is 0 Å². The number of carbonyl (C=O) groups excluding carboxylic acids is 2. The van der Waals surface area contributed by atoms with Crippen LogP contribution in [0.1, 0.15) is 141 Å². The molecule has 0 saturated carbocycles. The van der Waals surface area contributed by atoms with Gasteiger partial charge >= 0.3 is 11.9 Å². The number of hydrogen-bond donors (Lipinski definition) is 2. The Balaban J connectivity index is 3.31. The third-order valence-electron chi connectivity index (χ3n) is 13.4. The Morgan fingerprint density at radius 1 is 0.825 bits per heavy atom. The summed E-state index contributed by atoms with van der Waals surface area (Å²) in [4.78, 5) is 40.6. The van der Waals surface area contributed by atoms with Gasteiger partial charge in [-0.2, -0.15) is 0 Å². The quantitative estimate of drug-likeness (QED) is 0.0592. The van der Waals surface area contributed by atoms with Gasteiger partial charge in [-0.3, -0.25) is 14.4 Å². The summed E-state index contributed by atoms with van der Waals surface area (Å²) < 4.78 is 18.0. The van der Waals surface area contributed by atoms with Gasteiger partial charge in [-0.1, -0.05) is 91.0 Å². The topological polar surface area (TPSA) is 111 Å². The third-order valence-corrected chi connectivity index (χ3v) is 16.2. The van der Waals surface area contributed by atoms with Gasteiger partial charge in [-0.25, -0.2) is 0 Å². The van der Waals surface area contributed by atoms with Crippen molar-refractivity contribution in [3.63, 3.8) is 0 Å². The molecule has 2 N–H and O–H groups in total. The fraction of sp³-hybridized carbons (Fsp3) is 0.778. The number of methoxy groups -OCH3 is 1. The highest BCUT2D eigenvalue weighted by atomic mass is 32.2. The fourth-order valence-electron chi connectivity index (χ4n) is 7.79. The first-order chi connectivity index (χ1) is 25.9. The van der Waals surface area contributed by atoms with Crippen LogP contribution in [0.2, 0.25) is 0 Å². The molecule has 0 aliphatic carbocycles. The van der Waals surface area contributed by atoms with Crippen LogP contribution in [0.25, 0.3) is 0 Å². The molecule has 0 bridgehead atoms. The van der Waals surface area contributed by atoms with Crippen molar-refractivity contribution in [1.82, 2.24) is 5.23 Å². The molecule has 0 fully saturated rings. The van der Waals surface area contributed by atoms with E-state index < -0.39 is 39.7 Å². The zero-order valence-electron chi connectivity index (χ0n) is 38.3. The van der Waals surface area contributed by atoms with Crippen molar-refractivity contribution in [2.75, 3.05) is 26.6 Å². The van der Waals surface area contributed by atoms with Crippen molar-refractivity contribution in [1.29, 1.82) is 0 Å². The van der Waals surface area contributed by atoms with Crippen molar-refractivity contribution in [3.05, 3.63) is 35.9 Å². The van der Waals surface area contributed by atoms with E-state index >= 15 is 0 Å². The highest BCUT2D eigenvalue weighted by Crippen LogP contribution is 2.52. The predicted octanol–water partition coefficient (Wildman–Crippen LogP) is 10.8. The van der Waals surface area contributed by atoms with Crippen molar-refractivity contribution >= 4 is 65.1 Å². The van der Waals surface area contributed by atoms with Crippen LogP contribution < -0.4 is 5.23 Å². The Hall–Kier alpha value is -1.60. The molecular weight excluding hydrogens is 774 g/mol. The van der Waals surface area contributed by atoms with Crippen LogP contribution in [0.4, 0.5) is 0 Å². The second-order valence-corrected chi connectivity index (χ2v) is 23.4. The third kappa shape index (κ3) is 15.4. The smallest absolute Gasteiger partial charge is 0.312 e. The second kappa shape index (κ2) is 21.8. The number of thiocarbonyl (C=S) groups is 1. The zero-order valence-corrected chi connectivity index (χ0v) is 40.7. The lowest BCUT2D eigenvalue weighted by atomic mass is 9.58. The van der Waals surface area contributed by atoms with Crippen LogP contribution >= 0.6 is 35.7 Å². The Morgan fingerprint density at radius 3 is 1.86 bits per heavy atom. The Bertz CT molecular complexity index is 1460. The normalized spacial score (nSPS) is 16.5. The SMILES string of the molecule is [B]NC(=O)C(CC(C)(C)C(C)C(CC(C)(C)C(C)(C)C(=O)OCCC(C)(C)OCCC(C)(C)OC)C(=O)O)C(C)C(C)C(c1ccccc1)C(C)(C)SC(=S)SC. The lowest BCUT2D eigenvalue weighted by Gasteiger charge is -2.46. The number of carbonyl (C=O) groups is 3. The molecule has 57 heavy (non-hydrogen) atoms. The summed E-state index contributed by atoms with van der Waals surface area (Å²) in [6, 6.07) is 10.4. The number of benzene rings is 1. The number of nitrogens with one attached hydrogen (secondary N) is 1. The summed E-state index contributed by atoms with van der Waals surface area (Å²) in [6.45, 7) is 31.0. The van der Waals surface area contributed by atoms with Gasteiger partial charge in [0, 0.05) is 30.1 Å². The number of esters is 1. The maximum Gasteiger partial charge on any atom is 0.312 e. The van der Waals surface area contributed by atoms with Gasteiger partial charge in [0.1, 0.15) is 3.53 Å². The largest absolute Gasteiger partial charge is 0.481 e. The average Bonchev–Trinajstić information content (AvgIpc) is 3.11. The minimum atomic E-state index is -1.00. The number of aliphatic carboxylic acids is 1. The first-order valence-electron chi connectivity index (χ1n) is 20.3. The monoisotopic (exact) mass is 849 g/mol. The van der Waals surface area contributed by atoms with E-state index in [1.165, 1.54) is 5.56 Å². The van der Waals surface area contributed by atoms with Crippen molar-refractivity contribution in [2.45, 2.75) is 151 Å². The van der Waals surface area contributed by atoms with Crippen LogP contribution in [-0.4, -0.2) is 77.0 Å². The minimum absolute atomic E-state index is 0.0221. The Kier molecular flexibility index (Phi) is 20.4. The molecule has 2 radical (unpaired) electrons. The first kappa shape index (κ1) is 53.4. The van der Waals surface area contributed by atoms with E-state index in [0.29, 0.717) is 19.4 Å². The molecule has 0 aliphatic heterocycles. The van der Waals surface area contributed by atoms with Crippen molar-refractivity contribution in [2.24, 2.45) is 45.8 Å². The van der Waals surface area contributed by atoms with Gasteiger partial charge in [-0.15, -0.1) is 23.5 Å². The van der Waals surface area contributed by atoms with Crippen LogP contribution in [0.5, 0.6) is 0 Å². The van der Waals surface area contributed by atoms with Crippen LogP contribution in [-0.2, 0) is 28.6 Å². The van der Waals surface area contributed by atoms with E-state index in [1.807, 2.05) is 101 Å². The summed E-state index contributed by atoms with van der Waals surface area (Å²) >= 11 is 8.92. The number of amides is 1. The lowest BCUT2D eigenvalue weighted by molar-refractivity contribution is -0.166. The molecule has 1 rings (SSSR count). The molecule has 6 atom stereocenters. The predicted molar refractivity (Wildman–Crippen MR) is 245 cm³/mol. The number of carboxylic acids is 1. The van der Waals surface area contributed by atoms with Crippen LogP contribution in [0.15, 0.2) is 30.3 Å². The molecular formula is C45H76BNO7S3. The number of thioether (sulfide) groups is 2. The van der Waals surface area contributed by atoms with Crippen molar-refractivity contribution < 1.29 is 33.7 Å². The van der Waals surface area contributed by atoms with Gasteiger partial charge in [0.25, 0.3) is 0 Å². The van der Waals surface area contributed by atoms with Gasteiger partial charge in [0.2, 0.25) is 13.9 Å². The minimum Gasteiger partial charge on any atom is -0.481 e. The molecule has 0 saturated heterocycles. The summed E-state index contributed by atoms with van der Waals surface area (Å²) in [5.41, 5.74) is -1.99. The standard InChI is InChI=1S/C45H76BNO7S3/c1-29(30(2)35(32-21-19-18-20-22-32)45(14,15)57-39(55)56-17)33(36(48)47-46)27-40(4,5)31(3)34(37(49)50)28-41(6,7)44(12,13)38(51)53-25-23-43(10,11)54-26-24-42(8,9)52-16/h18-22,29-31,33-35H,23-28H2,1-17H3,(H,47,48)(H,49,50). The molecule has 1 aromatic carbocycles. The maximum atomic E-state index is 13.7. The molecule has 12 heteroatoms. The summed E-state index contributed by atoms with van der Waals surface area (Å²) in [6.07, 6.45) is 3.87. The number of ether oxygens (including phenoxy) is 3. The van der Waals surface area contributed by atoms with E-state index in [4.69, 9.17) is 34.4 Å². The summed E-state index contributed by atoms with van der Waals surface area (Å²) in [7, 11) is 7.54. The molecule has 8 nitrogen and oxygen atoms in total.